The lowest BCUT2D eigenvalue weighted by Gasteiger charge is -2.18. The van der Waals surface area contributed by atoms with Crippen LogP contribution in [0.4, 0.5) is 22.0 Å². The molecule has 1 aromatic heterocycles. The van der Waals surface area contributed by atoms with E-state index in [-0.39, 0.29) is 6.09 Å². The van der Waals surface area contributed by atoms with Crippen molar-refractivity contribution in [3.05, 3.63) is 48.3 Å². The third kappa shape index (κ3) is 2.88. The summed E-state index contributed by atoms with van der Waals surface area (Å²) in [7, 11) is 1.58. The fourth-order valence-corrected chi connectivity index (χ4v) is 3.00. The van der Waals surface area contributed by atoms with Gasteiger partial charge in [0, 0.05) is 11.1 Å². The number of methoxy groups -OCH3 is 1. The van der Waals surface area contributed by atoms with E-state index in [1.165, 1.54) is 6.33 Å². The molecule has 1 aliphatic rings. The van der Waals surface area contributed by atoms with Gasteiger partial charge in [-0.2, -0.15) is 0 Å². The summed E-state index contributed by atoms with van der Waals surface area (Å²) in [6.07, 6.45) is 1.16. The first-order valence-electron chi connectivity index (χ1n) is 8.26. The summed E-state index contributed by atoms with van der Waals surface area (Å²) in [5.74, 6) is 1.32. The average Bonchev–Trinajstić information content (AvgIpc) is 3.08. The zero-order valence-electron chi connectivity index (χ0n) is 14.5. The first kappa shape index (κ1) is 16.1. The van der Waals surface area contributed by atoms with E-state index in [9.17, 15) is 4.79 Å². The Morgan fingerprint density at radius 2 is 2.08 bits per heavy atom. The number of anilines is 3. The van der Waals surface area contributed by atoms with E-state index in [2.05, 4.69) is 15.3 Å². The third-order valence-electron chi connectivity index (χ3n) is 4.28. The van der Waals surface area contributed by atoms with Gasteiger partial charge in [0.2, 0.25) is 0 Å². The van der Waals surface area contributed by atoms with Gasteiger partial charge < -0.3 is 14.8 Å². The molecule has 132 valence electrons. The van der Waals surface area contributed by atoms with Crippen molar-refractivity contribution in [1.29, 1.82) is 0 Å². The molecule has 3 aromatic rings. The molecule has 0 saturated carbocycles. The molecule has 7 heteroatoms. The van der Waals surface area contributed by atoms with Gasteiger partial charge in [-0.3, -0.25) is 4.90 Å². The smallest absolute Gasteiger partial charge is 0.414 e. The number of nitrogens with one attached hydrogen (secondary N) is 1. The fraction of sp³-hybridized carbons (Fsp3) is 0.211. The van der Waals surface area contributed by atoms with Crippen LogP contribution in [0.1, 0.15) is 5.56 Å². The van der Waals surface area contributed by atoms with Gasteiger partial charge in [-0.15, -0.1) is 0 Å². The Hall–Kier alpha value is -3.35. The first-order chi connectivity index (χ1) is 12.7. The second-order valence-corrected chi connectivity index (χ2v) is 6.02. The molecule has 1 amide bonds. The Morgan fingerprint density at radius 3 is 2.85 bits per heavy atom. The maximum Gasteiger partial charge on any atom is 0.414 e. The molecule has 2 heterocycles. The van der Waals surface area contributed by atoms with Crippen molar-refractivity contribution in [2.75, 3.05) is 30.5 Å². The van der Waals surface area contributed by atoms with Gasteiger partial charge >= 0.3 is 6.09 Å². The molecule has 26 heavy (non-hydrogen) atoms. The van der Waals surface area contributed by atoms with Crippen molar-refractivity contribution in [3.63, 3.8) is 0 Å². The number of rotatable bonds is 4. The van der Waals surface area contributed by atoms with E-state index in [1.807, 2.05) is 43.3 Å². The Kier molecular flexibility index (Phi) is 4.04. The fourth-order valence-electron chi connectivity index (χ4n) is 3.00. The van der Waals surface area contributed by atoms with E-state index in [0.29, 0.717) is 30.4 Å². The zero-order valence-corrected chi connectivity index (χ0v) is 14.5. The summed E-state index contributed by atoms with van der Waals surface area (Å²) in [6, 6.07) is 11.6. The molecule has 0 atom stereocenters. The lowest BCUT2D eigenvalue weighted by molar-refractivity contribution is 0.181. The largest absolute Gasteiger partial charge is 0.495 e. The van der Waals surface area contributed by atoms with E-state index in [0.717, 1.165) is 22.2 Å². The molecule has 0 spiro atoms. The van der Waals surface area contributed by atoms with Gasteiger partial charge in [-0.05, 0) is 37.3 Å². The van der Waals surface area contributed by atoms with Crippen molar-refractivity contribution < 1.29 is 14.3 Å². The molecule has 7 nitrogen and oxygen atoms in total. The van der Waals surface area contributed by atoms with Crippen LogP contribution >= 0.6 is 0 Å². The summed E-state index contributed by atoms with van der Waals surface area (Å²) in [5.41, 5.74) is 3.45. The Labute approximate surface area is 150 Å². The number of fused-ring (bicyclic) bond motifs is 1. The molecule has 0 aliphatic carbocycles. The van der Waals surface area contributed by atoms with Crippen LogP contribution in [0.3, 0.4) is 0 Å². The highest BCUT2D eigenvalue weighted by Crippen LogP contribution is 2.34. The molecule has 1 fully saturated rings. The standard InChI is InChI=1S/C19H18N4O3/c1-12-3-5-15-14(9-12)18(21-11-20-15)22-13-4-6-17(25-2)16(10-13)23-7-8-26-19(23)24/h3-6,9-11H,7-8H2,1-2H3,(H,20,21,22). The van der Waals surface area contributed by atoms with Crippen LogP contribution in [0.5, 0.6) is 5.75 Å². The van der Waals surface area contributed by atoms with Crippen molar-refractivity contribution in [2.24, 2.45) is 0 Å². The Morgan fingerprint density at radius 1 is 1.19 bits per heavy atom. The maximum atomic E-state index is 11.9. The molecule has 0 bridgehead atoms. The second kappa shape index (κ2) is 6.51. The predicted molar refractivity (Wildman–Crippen MR) is 99.2 cm³/mol. The quantitative estimate of drug-likeness (QED) is 0.774. The molecule has 2 aromatic carbocycles. The molecule has 0 radical (unpaired) electrons. The number of carbonyl (C=O) groups excluding carboxylic acids is 1. The molecule has 1 N–H and O–H groups in total. The lowest BCUT2D eigenvalue weighted by atomic mass is 10.1. The van der Waals surface area contributed by atoms with E-state index >= 15 is 0 Å². The van der Waals surface area contributed by atoms with Crippen LogP contribution < -0.4 is 15.0 Å². The normalized spacial score (nSPS) is 13.8. The summed E-state index contributed by atoms with van der Waals surface area (Å²) >= 11 is 0. The number of carbonyl (C=O) groups is 1. The van der Waals surface area contributed by atoms with Crippen molar-refractivity contribution in [1.82, 2.24) is 9.97 Å². The molecule has 1 aliphatic heterocycles. The summed E-state index contributed by atoms with van der Waals surface area (Å²) < 4.78 is 10.4. The number of benzene rings is 2. The van der Waals surface area contributed by atoms with Crippen molar-refractivity contribution >= 4 is 34.2 Å². The summed E-state index contributed by atoms with van der Waals surface area (Å²) in [6.45, 7) is 2.89. The Bertz CT molecular complexity index is 990. The maximum absolute atomic E-state index is 11.9. The molecule has 1 saturated heterocycles. The molecular formula is C19H18N4O3. The topological polar surface area (TPSA) is 76.6 Å². The lowest BCUT2D eigenvalue weighted by Crippen LogP contribution is -2.23. The SMILES string of the molecule is COc1ccc(Nc2ncnc3ccc(C)cc23)cc1N1CCOC1=O. The van der Waals surface area contributed by atoms with Gasteiger partial charge in [0.05, 0.1) is 24.9 Å². The third-order valence-corrected chi connectivity index (χ3v) is 4.28. The number of ether oxygens (including phenoxy) is 2. The number of nitrogens with zero attached hydrogens (tertiary/aromatic N) is 3. The monoisotopic (exact) mass is 350 g/mol. The van der Waals surface area contributed by atoms with Crippen LogP contribution in [0.2, 0.25) is 0 Å². The minimum absolute atomic E-state index is 0.371. The zero-order chi connectivity index (χ0) is 18.1. The van der Waals surface area contributed by atoms with Crippen molar-refractivity contribution in [3.8, 4) is 5.75 Å². The highest BCUT2D eigenvalue weighted by molar-refractivity contribution is 5.94. The van der Waals surface area contributed by atoms with Gasteiger partial charge in [0.1, 0.15) is 24.5 Å². The van der Waals surface area contributed by atoms with Crippen LogP contribution in [0, 0.1) is 6.92 Å². The van der Waals surface area contributed by atoms with Crippen LogP contribution in [0.25, 0.3) is 10.9 Å². The number of aromatic nitrogens is 2. The number of aryl methyl sites for hydroxylation is 1. The highest BCUT2D eigenvalue weighted by atomic mass is 16.6. The highest BCUT2D eigenvalue weighted by Gasteiger charge is 2.26. The summed E-state index contributed by atoms with van der Waals surface area (Å²) in [4.78, 5) is 22.2. The minimum Gasteiger partial charge on any atom is -0.495 e. The van der Waals surface area contributed by atoms with Crippen LogP contribution in [-0.4, -0.2) is 36.3 Å². The van der Waals surface area contributed by atoms with Gasteiger partial charge in [-0.25, -0.2) is 14.8 Å². The Balaban J connectivity index is 1.73. The summed E-state index contributed by atoms with van der Waals surface area (Å²) in [5, 5.41) is 4.25. The van der Waals surface area contributed by atoms with Crippen LogP contribution in [0.15, 0.2) is 42.7 Å². The molecule has 0 unspecified atom stereocenters. The van der Waals surface area contributed by atoms with Gasteiger partial charge in [-0.1, -0.05) is 11.6 Å². The second-order valence-electron chi connectivity index (χ2n) is 6.02. The van der Waals surface area contributed by atoms with E-state index in [1.54, 1.807) is 12.0 Å². The molecular weight excluding hydrogens is 332 g/mol. The average molecular weight is 350 g/mol. The number of cyclic esters (lactones) is 1. The number of hydrogen-bond donors (Lipinski definition) is 1. The predicted octanol–water partition coefficient (Wildman–Crippen LogP) is 3.65. The first-order valence-corrected chi connectivity index (χ1v) is 8.26. The van der Waals surface area contributed by atoms with Crippen molar-refractivity contribution in [2.45, 2.75) is 6.92 Å². The van der Waals surface area contributed by atoms with E-state index in [4.69, 9.17) is 9.47 Å². The van der Waals surface area contributed by atoms with Crippen LogP contribution in [-0.2, 0) is 4.74 Å². The molecule has 4 rings (SSSR count). The van der Waals surface area contributed by atoms with Gasteiger partial charge in [0.25, 0.3) is 0 Å². The van der Waals surface area contributed by atoms with Gasteiger partial charge in [0.15, 0.2) is 0 Å². The van der Waals surface area contributed by atoms with E-state index < -0.39 is 0 Å². The minimum atomic E-state index is -0.372. The number of amides is 1. The number of hydrogen-bond acceptors (Lipinski definition) is 6.